The minimum absolute atomic E-state index is 0.0853. The summed E-state index contributed by atoms with van der Waals surface area (Å²) < 4.78 is 5.98. The SMILES string of the molecule is CC1CCc2oc(C3CC(=O)CC(C)N3)cc2C1. The van der Waals surface area contributed by atoms with Gasteiger partial charge in [-0.2, -0.15) is 0 Å². The monoisotopic (exact) mass is 247 g/mol. The Morgan fingerprint density at radius 1 is 1.28 bits per heavy atom. The van der Waals surface area contributed by atoms with Crippen LogP contribution >= 0.6 is 0 Å². The molecule has 1 aliphatic carbocycles. The number of aryl methyl sites for hydroxylation is 1. The van der Waals surface area contributed by atoms with Crippen LogP contribution in [0.15, 0.2) is 10.5 Å². The lowest BCUT2D eigenvalue weighted by Gasteiger charge is -2.26. The number of piperidine rings is 1. The molecule has 3 rings (SSSR count). The summed E-state index contributed by atoms with van der Waals surface area (Å²) in [5.41, 5.74) is 1.36. The van der Waals surface area contributed by atoms with E-state index < -0.39 is 0 Å². The zero-order chi connectivity index (χ0) is 12.7. The summed E-state index contributed by atoms with van der Waals surface area (Å²) in [4.78, 5) is 11.7. The second-order valence-corrected chi connectivity index (χ2v) is 6.01. The first-order valence-corrected chi connectivity index (χ1v) is 7.01. The van der Waals surface area contributed by atoms with Crippen LogP contribution in [0, 0.1) is 5.92 Å². The van der Waals surface area contributed by atoms with E-state index in [4.69, 9.17) is 4.42 Å². The van der Waals surface area contributed by atoms with Crippen LogP contribution in [-0.4, -0.2) is 11.8 Å². The Labute approximate surface area is 108 Å². The smallest absolute Gasteiger partial charge is 0.136 e. The number of hydrogen-bond acceptors (Lipinski definition) is 3. The molecule has 1 fully saturated rings. The number of nitrogens with one attached hydrogen (secondary N) is 1. The third kappa shape index (κ3) is 2.24. The number of furan rings is 1. The van der Waals surface area contributed by atoms with Gasteiger partial charge in [-0.05, 0) is 37.3 Å². The summed E-state index contributed by atoms with van der Waals surface area (Å²) in [7, 11) is 0. The normalized spacial score (nSPS) is 32.3. The Morgan fingerprint density at radius 2 is 2.11 bits per heavy atom. The predicted molar refractivity (Wildman–Crippen MR) is 69.5 cm³/mol. The zero-order valence-corrected chi connectivity index (χ0v) is 11.2. The van der Waals surface area contributed by atoms with E-state index in [0.717, 1.165) is 30.3 Å². The van der Waals surface area contributed by atoms with Crippen molar-refractivity contribution < 1.29 is 9.21 Å². The number of rotatable bonds is 1. The van der Waals surface area contributed by atoms with E-state index in [-0.39, 0.29) is 12.1 Å². The van der Waals surface area contributed by atoms with E-state index >= 15 is 0 Å². The van der Waals surface area contributed by atoms with Gasteiger partial charge in [-0.3, -0.25) is 4.79 Å². The second kappa shape index (κ2) is 4.54. The van der Waals surface area contributed by atoms with Gasteiger partial charge in [0.25, 0.3) is 0 Å². The average molecular weight is 247 g/mol. The Morgan fingerprint density at radius 3 is 2.89 bits per heavy atom. The van der Waals surface area contributed by atoms with Gasteiger partial charge in [-0.1, -0.05) is 6.92 Å². The lowest BCUT2D eigenvalue weighted by atomic mass is 9.89. The summed E-state index contributed by atoms with van der Waals surface area (Å²) in [6.07, 6.45) is 4.61. The highest BCUT2D eigenvalue weighted by Gasteiger charge is 2.29. The molecule has 0 radical (unpaired) electrons. The van der Waals surface area contributed by atoms with Crippen LogP contribution in [-0.2, 0) is 17.6 Å². The number of hydrogen-bond donors (Lipinski definition) is 1. The van der Waals surface area contributed by atoms with E-state index in [0.29, 0.717) is 18.6 Å². The van der Waals surface area contributed by atoms with Crippen LogP contribution in [0.2, 0.25) is 0 Å². The van der Waals surface area contributed by atoms with Gasteiger partial charge in [0.05, 0.1) is 6.04 Å². The van der Waals surface area contributed by atoms with Crippen LogP contribution in [0.4, 0.5) is 0 Å². The van der Waals surface area contributed by atoms with Crippen molar-refractivity contribution >= 4 is 5.78 Å². The van der Waals surface area contributed by atoms with Gasteiger partial charge in [0.1, 0.15) is 17.3 Å². The molecule has 0 amide bonds. The number of Topliss-reactive ketones (excluding diaryl/α,β-unsaturated/α-hetero) is 1. The van der Waals surface area contributed by atoms with Crippen LogP contribution in [0.1, 0.15) is 56.2 Å². The molecular weight excluding hydrogens is 226 g/mol. The van der Waals surface area contributed by atoms with Crippen molar-refractivity contribution in [1.82, 2.24) is 5.32 Å². The van der Waals surface area contributed by atoms with E-state index in [1.54, 1.807) is 0 Å². The maximum absolute atomic E-state index is 11.7. The van der Waals surface area contributed by atoms with Crippen molar-refractivity contribution in [2.75, 3.05) is 0 Å². The molecule has 3 unspecified atom stereocenters. The third-order valence-corrected chi connectivity index (χ3v) is 4.14. The molecule has 2 aliphatic rings. The quantitative estimate of drug-likeness (QED) is 0.829. The molecule has 0 saturated carbocycles. The molecule has 0 bridgehead atoms. The van der Waals surface area contributed by atoms with E-state index in [1.165, 1.54) is 12.0 Å². The molecule has 1 N–H and O–H groups in total. The van der Waals surface area contributed by atoms with Crippen LogP contribution in [0.3, 0.4) is 0 Å². The lowest BCUT2D eigenvalue weighted by Crippen LogP contribution is -2.38. The summed E-state index contributed by atoms with van der Waals surface area (Å²) in [5.74, 6) is 3.21. The Hall–Kier alpha value is -1.09. The number of ketones is 1. The first-order valence-electron chi connectivity index (χ1n) is 7.01. The fourth-order valence-corrected chi connectivity index (χ4v) is 3.20. The third-order valence-electron chi connectivity index (χ3n) is 4.14. The van der Waals surface area contributed by atoms with Crippen molar-refractivity contribution in [2.45, 2.75) is 58.0 Å². The number of fused-ring (bicyclic) bond motifs is 1. The highest BCUT2D eigenvalue weighted by Crippen LogP contribution is 2.32. The first kappa shape index (κ1) is 12.0. The molecule has 3 heteroatoms. The van der Waals surface area contributed by atoms with E-state index in [1.807, 2.05) is 0 Å². The van der Waals surface area contributed by atoms with Gasteiger partial charge in [0.15, 0.2) is 0 Å². The van der Waals surface area contributed by atoms with Gasteiger partial charge in [0, 0.05) is 25.3 Å². The molecule has 18 heavy (non-hydrogen) atoms. The zero-order valence-electron chi connectivity index (χ0n) is 11.2. The molecule has 3 nitrogen and oxygen atoms in total. The molecule has 1 aromatic rings. The summed E-state index contributed by atoms with van der Waals surface area (Å²) in [6, 6.07) is 2.52. The van der Waals surface area contributed by atoms with Gasteiger partial charge >= 0.3 is 0 Å². The molecule has 1 aliphatic heterocycles. The molecule has 0 spiro atoms. The standard InChI is InChI=1S/C15H21NO2/c1-9-3-4-14-11(5-9)7-15(18-14)13-8-12(17)6-10(2)16-13/h7,9-10,13,16H,3-6,8H2,1-2H3. The Balaban J connectivity index is 1.82. The Bertz CT molecular complexity index is 463. The fourth-order valence-electron chi connectivity index (χ4n) is 3.20. The molecule has 1 aromatic heterocycles. The highest BCUT2D eigenvalue weighted by molar-refractivity contribution is 5.80. The minimum atomic E-state index is 0.0853. The topological polar surface area (TPSA) is 42.2 Å². The van der Waals surface area contributed by atoms with Crippen molar-refractivity contribution in [3.8, 4) is 0 Å². The summed E-state index contributed by atoms with van der Waals surface area (Å²) in [6.45, 7) is 4.36. The number of carbonyl (C=O) groups excluding carboxylic acids is 1. The lowest BCUT2D eigenvalue weighted by molar-refractivity contribution is -0.121. The fraction of sp³-hybridized carbons (Fsp3) is 0.667. The summed E-state index contributed by atoms with van der Waals surface area (Å²) >= 11 is 0. The molecule has 2 heterocycles. The summed E-state index contributed by atoms with van der Waals surface area (Å²) in [5, 5.41) is 3.47. The molecule has 0 aromatic carbocycles. The Kier molecular flexibility index (Phi) is 3.02. The number of carbonyl (C=O) groups is 1. The average Bonchev–Trinajstić information content (AvgIpc) is 2.70. The van der Waals surface area contributed by atoms with Crippen molar-refractivity contribution in [1.29, 1.82) is 0 Å². The van der Waals surface area contributed by atoms with E-state index in [2.05, 4.69) is 25.2 Å². The van der Waals surface area contributed by atoms with E-state index in [9.17, 15) is 4.79 Å². The minimum Gasteiger partial charge on any atom is -0.464 e. The van der Waals surface area contributed by atoms with Gasteiger partial charge in [0.2, 0.25) is 0 Å². The largest absolute Gasteiger partial charge is 0.464 e. The maximum atomic E-state index is 11.7. The maximum Gasteiger partial charge on any atom is 0.136 e. The molecule has 1 saturated heterocycles. The van der Waals surface area contributed by atoms with Crippen molar-refractivity contribution in [3.05, 3.63) is 23.2 Å². The van der Waals surface area contributed by atoms with Gasteiger partial charge < -0.3 is 9.73 Å². The molecular formula is C15H21NO2. The first-order chi connectivity index (χ1) is 8.61. The van der Waals surface area contributed by atoms with Crippen LogP contribution in [0.5, 0.6) is 0 Å². The van der Waals surface area contributed by atoms with Crippen molar-refractivity contribution in [2.24, 2.45) is 5.92 Å². The highest BCUT2D eigenvalue weighted by atomic mass is 16.3. The van der Waals surface area contributed by atoms with Gasteiger partial charge in [-0.15, -0.1) is 0 Å². The predicted octanol–water partition coefficient (Wildman–Crippen LogP) is 2.79. The van der Waals surface area contributed by atoms with Gasteiger partial charge in [-0.25, -0.2) is 0 Å². The van der Waals surface area contributed by atoms with Crippen LogP contribution < -0.4 is 5.32 Å². The second-order valence-electron chi connectivity index (χ2n) is 6.01. The van der Waals surface area contributed by atoms with Crippen LogP contribution in [0.25, 0.3) is 0 Å². The molecule has 98 valence electrons. The van der Waals surface area contributed by atoms with Crippen molar-refractivity contribution in [3.63, 3.8) is 0 Å². The molecule has 3 atom stereocenters.